The van der Waals surface area contributed by atoms with Gasteiger partial charge in [0.1, 0.15) is 0 Å². The van der Waals surface area contributed by atoms with Crippen LogP contribution in [0.4, 0.5) is 0 Å². The van der Waals surface area contributed by atoms with Crippen molar-refractivity contribution in [1.82, 2.24) is 0 Å². The quantitative estimate of drug-likeness (QED) is 0.908. The van der Waals surface area contributed by atoms with E-state index in [1.807, 2.05) is 38.1 Å². The fraction of sp³-hybridized carbons (Fsp3) is 0.417. The molecule has 2 nitrogen and oxygen atoms in total. The van der Waals surface area contributed by atoms with Gasteiger partial charge >= 0.3 is 5.97 Å². The number of carboxylic acids is 1. The van der Waals surface area contributed by atoms with Gasteiger partial charge in [0.15, 0.2) is 0 Å². The van der Waals surface area contributed by atoms with Crippen molar-refractivity contribution in [2.24, 2.45) is 0 Å². The molecule has 1 rings (SSSR count). The van der Waals surface area contributed by atoms with Crippen LogP contribution in [0.3, 0.4) is 0 Å². The summed E-state index contributed by atoms with van der Waals surface area (Å²) in [4.78, 5) is 10.6. The van der Waals surface area contributed by atoms with Crippen LogP contribution in [0.15, 0.2) is 28.7 Å². The number of aliphatic carboxylic acids is 1. The molecule has 0 aromatic heterocycles. The molecule has 0 bridgehead atoms. The molecule has 0 spiro atoms. The first-order chi connectivity index (χ1) is 6.42. The van der Waals surface area contributed by atoms with Crippen LogP contribution >= 0.6 is 15.9 Å². The van der Waals surface area contributed by atoms with Crippen molar-refractivity contribution in [2.45, 2.75) is 33.1 Å². The zero-order valence-electron chi connectivity index (χ0n) is 8.25. The lowest BCUT2D eigenvalue weighted by atomic mass is 9.82. The third-order valence-electron chi connectivity index (χ3n) is 2.22. The maximum atomic E-state index is 10.6. The lowest BCUT2D eigenvalue weighted by Gasteiger charge is -2.22. The fourth-order valence-electron chi connectivity index (χ4n) is 1.38. The Hall–Kier alpha value is -0.830. The molecule has 0 heterocycles. The maximum Gasteiger partial charge on any atom is 0.304 e. The standard InChI is InChI=1S/C11H13BrO2.CH4/c1-11(2,7-10(13)14)8-3-5-9(12)6-4-8;/h3-6H,7H2,1-2H3,(H,13,14);1H4. The molecule has 0 unspecified atom stereocenters. The summed E-state index contributed by atoms with van der Waals surface area (Å²) in [5, 5.41) is 8.76. The second kappa shape index (κ2) is 5.31. The van der Waals surface area contributed by atoms with Crippen LogP contribution in [-0.4, -0.2) is 11.1 Å². The minimum absolute atomic E-state index is 0. The second-order valence-electron chi connectivity index (χ2n) is 3.96. The minimum Gasteiger partial charge on any atom is -0.481 e. The molecule has 0 fully saturated rings. The van der Waals surface area contributed by atoms with Crippen molar-refractivity contribution in [1.29, 1.82) is 0 Å². The van der Waals surface area contributed by atoms with Gasteiger partial charge in [0.2, 0.25) is 0 Å². The van der Waals surface area contributed by atoms with E-state index in [1.54, 1.807) is 0 Å². The summed E-state index contributed by atoms with van der Waals surface area (Å²) >= 11 is 3.35. The number of benzene rings is 1. The SMILES string of the molecule is C.CC(C)(CC(=O)O)c1ccc(Br)cc1. The Morgan fingerprint density at radius 1 is 1.33 bits per heavy atom. The predicted octanol–water partition coefficient (Wildman–Crippen LogP) is 3.84. The van der Waals surface area contributed by atoms with Gasteiger partial charge in [-0.05, 0) is 17.7 Å². The maximum absolute atomic E-state index is 10.6. The molecule has 15 heavy (non-hydrogen) atoms. The van der Waals surface area contributed by atoms with Crippen LogP contribution in [0, 0.1) is 0 Å². The Kier molecular flexibility index (Phi) is 5.01. The average molecular weight is 273 g/mol. The lowest BCUT2D eigenvalue weighted by Crippen LogP contribution is -2.21. The summed E-state index contributed by atoms with van der Waals surface area (Å²) < 4.78 is 1.01. The molecule has 3 heteroatoms. The van der Waals surface area contributed by atoms with Crippen molar-refractivity contribution in [2.75, 3.05) is 0 Å². The van der Waals surface area contributed by atoms with Crippen LogP contribution in [0.1, 0.15) is 33.3 Å². The Morgan fingerprint density at radius 3 is 2.20 bits per heavy atom. The van der Waals surface area contributed by atoms with Gasteiger partial charge in [-0.25, -0.2) is 0 Å². The molecule has 0 aliphatic rings. The van der Waals surface area contributed by atoms with Crippen LogP contribution in [0.5, 0.6) is 0 Å². The van der Waals surface area contributed by atoms with E-state index < -0.39 is 5.97 Å². The molecule has 0 saturated heterocycles. The molecule has 0 atom stereocenters. The third kappa shape index (κ3) is 4.04. The van der Waals surface area contributed by atoms with E-state index in [0.717, 1.165) is 10.0 Å². The zero-order chi connectivity index (χ0) is 10.8. The van der Waals surface area contributed by atoms with Gasteiger partial charge in [-0.15, -0.1) is 0 Å². The smallest absolute Gasteiger partial charge is 0.304 e. The Bertz CT molecular complexity index is 328. The van der Waals surface area contributed by atoms with E-state index in [2.05, 4.69) is 15.9 Å². The Labute approximate surface area is 99.5 Å². The topological polar surface area (TPSA) is 37.3 Å². The highest BCUT2D eigenvalue weighted by molar-refractivity contribution is 9.10. The monoisotopic (exact) mass is 272 g/mol. The van der Waals surface area contributed by atoms with E-state index in [9.17, 15) is 4.79 Å². The zero-order valence-corrected chi connectivity index (χ0v) is 9.84. The Balaban J connectivity index is 0.00000196. The van der Waals surface area contributed by atoms with Crippen LogP contribution in [0.2, 0.25) is 0 Å². The summed E-state index contributed by atoms with van der Waals surface area (Å²) in [5.41, 5.74) is 0.732. The highest BCUT2D eigenvalue weighted by Gasteiger charge is 2.23. The number of halogens is 1. The fourth-order valence-corrected chi connectivity index (χ4v) is 1.65. The first kappa shape index (κ1) is 14.2. The second-order valence-corrected chi connectivity index (χ2v) is 4.88. The van der Waals surface area contributed by atoms with Crippen molar-refractivity contribution in [3.05, 3.63) is 34.3 Å². The van der Waals surface area contributed by atoms with Gasteiger partial charge in [0.05, 0.1) is 6.42 Å². The molecule has 1 N–H and O–H groups in total. The van der Waals surface area contributed by atoms with Gasteiger partial charge in [0.25, 0.3) is 0 Å². The predicted molar refractivity (Wildman–Crippen MR) is 66.2 cm³/mol. The number of rotatable bonds is 3. The molecule has 0 radical (unpaired) electrons. The minimum atomic E-state index is -0.766. The van der Waals surface area contributed by atoms with Gasteiger partial charge in [0, 0.05) is 9.89 Å². The molecule has 0 aliphatic carbocycles. The first-order valence-corrected chi connectivity index (χ1v) is 5.19. The lowest BCUT2D eigenvalue weighted by molar-refractivity contribution is -0.138. The van der Waals surface area contributed by atoms with Crippen molar-refractivity contribution in [3.63, 3.8) is 0 Å². The molecule has 1 aromatic rings. The summed E-state index contributed by atoms with van der Waals surface area (Å²) in [7, 11) is 0. The Morgan fingerprint density at radius 2 is 1.80 bits per heavy atom. The van der Waals surface area contributed by atoms with Crippen LogP contribution in [0.25, 0.3) is 0 Å². The third-order valence-corrected chi connectivity index (χ3v) is 2.75. The van der Waals surface area contributed by atoms with Crippen molar-refractivity contribution in [3.8, 4) is 0 Å². The molecule has 84 valence electrons. The van der Waals surface area contributed by atoms with E-state index in [-0.39, 0.29) is 19.3 Å². The summed E-state index contributed by atoms with van der Waals surface area (Å²) in [6.07, 6.45) is 0.147. The van der Waals surface area contributed by atoms with E-state index >= 15 is 0 Å². The molecule has 0 amide bonds. The van der Waals surface area contributed by atoms with Crippen LogP contribution in [-0.2, 0) is 10.2 Å². The summed E-state index contributed by atoms with van der Waals surface area (Å²) in [6.45, 7) is 3.87. The highest BCUT2D eigenvalue weighted by atomic mass is 79.9. The molecular weight excluding hydrogens is 256 g/mol. The van der Waals surface area contributed by atoms with Gasteiger partial charge in [-0.2, -0.15) is 0 Å². The van der Waals surface area contributed by atoms with E-state index in [4.69, 9.17) is 5.11 Å². The van der Waals surface area contributed by atoms with Gasteiger partial charge in [-0.1, -0.05) is 49.3 Å². The number of carboxylic acid groups (broad SMARTS) is 1. The van der Waals surface area contributed by atoms with Crippen molar-refractivity contribution < 1.29 is 9.90 Å². The van der Waals surface area contributed by atoms with Gasteiger partial charge in [-0.3, -0.25) is 4.79 Å². The molecule has 1 aromatic carbocycles. The average Bonchev–Trinajstić information content (AvgIpc) is 2.02. The summed E-state index contributed by atoms with van der Waals surface area (Å²) in [6, 6.07) is 7.76. The van der Waals surface area contributed by atoms with Gasteiger partial charge < -0.3 is 5.11 Å². The van der Waals surface area contributed by atoms with E-state index in [1.165, 1.54) is 0 Å². The van der Waals surface area contributed by atoms with Crippen LogP contribution < -0.4 is 0 Å². The largest absolute Gasteiger partial charge is 0.481 e. The van der Waals surface area contributed by atoms with Crippen molar-refractivity contribution >= 4 is 21.9 Å². The van der Waals surface area contributed by atoms with E-state index in [0.29, 0.717) is 0 Å². The normalized spacial score (nSPS) is 10.6. The molecule has 0 saturated carbocycles. The number of hydrogen-bond acceptors (Lipinski definition) is 1. The highest BCUT2D eigenvalue weighted by Crippen LogP contribution is 2.27. The summed E-state index contributed by atoms with van der Waals surface area (Å²) in [5.74, 6) is -0.766. The molecule has 0 aliphatic heterocycles. The molecular formula is C12H17BrO2. The first-order valence-electron chi connectivity index (χ1n) is 4.40. The number of carbonyl (C=O) groups is 1. The number of hydrogen-bond donors (Lipinski definition) is 1.